The number of aryl methyl sites for hydroxylation is 4. The van der Waals surface area contributed by atoms with E-state index in [1.54, 1.807) is 12.1 Å². The summed E-state index contributed by atoms with van der Waals surface area (Å²) in [6.45, 7) is 9.06. The summed E-state index contributed by atoms with van der Waals surface area (Å²) in [5, 5.41) is 4.18. The summed E-state index contributed by atoms with van der Waals surface area (Å²) in [6, 6.07) is 19.7. The Morgan fingerprint density at radius 3 is 0.635 bits per heavy atom. The van der Waals surface area contributed by atoms with Crippen LogP contribution in [0.15, 0.2) is 70.5 Å². The molecule has 0 saturated heterocycles. The molecule has 4 aromatic carbocycles. The van der Waals surface area contributed by atoms with Gasteiger partial charge in [0.05, 0.1) is 9.79 Å². The van der Waals surface area contributed by atoms with Crippen molar-refractivity contribution in [3.05, 3.63) is 82.9 Å². The van der Waals surface area contributed by atoms with Crippen LogP contribution in [-0.2, 0) is 45.9 Å². The van der Waals surface area contributed by atoms with Gasteiger partial charge in [-0.05, 0) is 107 Å². The third-order valence-electron chi connectivity index (χ3n) is 18.1. The topological polar surface area (TPSA) is 114 Å². The summed E-state index contributed by atoms with van der Waals surface area (Å²) in [6.07, 6.45) is 64.7. The van der Waals surface area contributed by atoms with Gasteiger partial charge in [0.2, 0.25) is 0 Å². The van der Waals surface area contributed by atoms with Crippen LogP contribution in [0, 0.1) is 0 Å². The van der Waals surface area contributed by atoms with E-state index in [9.17, 15) is 25.9 Å². The van der Waals surface area contributed by atoms with E-state index in [1.807, 2.05) is 36.4 Å². The Morgan fingerprint density at radius 1 is 0.259 bits per heavy atom. The molecule has 0 atom stereocenters. The van der Waals surface area contributed by atoms with Gasteiger partial charge in [0.25, 0.3) is 0 Å². The Labute approximate surface area is 565 Å². The number of unbranched alkanes of at least 4 members (excludes halogenated alkanes) is 44. The van der Waals surface area contributed by atoms with E-state index in [-0.39, 0.29) is 58.7 Å². The van der Waals surface area contributed by atoms with Gasteiger partial charge in [-0.2, -0.15) is 0 Å². The van der Waals surface area contributed by atoms with Gasteiger partial charge < -0.3 is 9.11 Å². The molecule has 0 fully saturated rings. The number of fused-ring (bicyclic) bond motifs is 2. The molecule has 0 spiro atoms. The molecule has 0 aliphatic heterocycles. The van der Waals surface area contributed by atoms with E-state index in [0.717, 1.165) is 108 Å². The second kappa shape index (κ2) is 52.4. The van der Waals surface area contributed by atoms with Crippen molar-refractivity contribution in [2.24, 2.45) is 0 Å². The maximum atomic E-state index is 12.4. The first-order valence-corrected chi connectivity index (χ1v) is 38.8. The second-order valence-electron chi connectivity index (χ2n) is 25.6. The molecule has 0 aromatic heterocycles. The van der Waals surface area contributed by atoms with Crippen LogP contribution in [0.3, 0.4) is 0 Å². The van der Waals surface area contributed by atoms with E-state index in [2.05, 4.69) is 39.8 Å². The van der Waals surface area contributed by atoms with Gasteiger partial charge in [-0.25, -0.2) is 16.8 Å². The predicted molar refractivity (Wildman–Crippen MR) is 369 cm³/mol. The van der Waals surface area contributed by atoms with Crippen LogP contribution in [0.25, 0.3) is 21.5 Å². The van der Waals surface area contributed by atoms with Gasteiger partial charge in [0, 0.05) is 0 Å². The van der Waals surface area contributed by atoms with Crippen LogP contribution >= 0.6 is 0 Å². The van der Waals surface area contributed by atoms with Crippen molar-refractivity contribution >= 4 is 90.7 Å². The summed E-state index contributed by atoms with van der Waals surface area (Å²) in [5.41, 5.74) is 3.52. The molecule has 0 bridgehead atoms. The van der Waals surface area contributed by atoms with E-state index >= 15 is 0 Å². The molecule has 0 N–H and O–H groups in total. The SMILES string of the molecule is CCCCCCCCCCCCCCc1cc(S(=O)(=O)[O-])c(CCCCCCCCCCCCCC)c2ccccc12.CCCCCCCCCCCCCCc1cc(S(=O)(=O)[O-])c(CCCCCCCCCCCCCC)c2ccccc12.[Ba+2]. The van der Waals surface area contributed by atoms with E-state index < -0.39 is 20.2 Å². The van der Waals surface area contributed by atoms with Gasteiger partial charge >= 0.3 is 48.9 Å². The maximum Gasteiger partial charge on any atom is 2.00 e. The van der Waals surface area contributed by atoms with E-state index in [4.69, 9.17) is 0 Å². The Bertz CT molecular complexity index is 2300. The van der Waals surface area contributed by atoms with Crippen molar-refractivity contribution in [2.45, 2.75) is 371 Å². The minimum Gasteiger partial charge on any atom is -0.744 e. The average molecular weight is 1340 g/mol. The largest absolute Gasteiger partial charge is 2.00 e. The summed E-state index contributed by atoms with van der Waals surface area (Å²) in [5.74, 6) is 0. The van der Waals surface area contributed by atoms with Crippen molar-refractivity contribution in [3.8, 4) is 0 Å². The third-order valence-corrected chi connectivity index (χ3v) is 19.9. The molecular weight excluding hydrogens is 1210 g/mol. The van der Waals surface area contributed by atoms with Gasteiger partial charge in [-0.3, -0.25) is 0 Å². The fourth-order valence-corrected chi connectivity index (χ4v) is 14.5. The molecule has 480 valence electrons. The number of benzene rings is 4. The Kier molecular flexibility index (Phi) is 49.3. The van der Waals surface area contributed by atoms with Crippen molar-refractivity contribution in [2.75, 3.05) is 0 Å². The zero-order chi connectivity index (χ0) is 60.6. The molecule has 0 aliphatic rings. The van der Waals surface area contributed by atoms with Gasteiger partial charge in [-0.1, -0.05) is 359 Å². The Balaban J connectivity index is 0.000000573. The van der Waals surface area contributed by atoms with Crippen LogP contribution in [0.4, 0.5) is 0 Å². The van der Waals surface area contributed by atoms with Crippen LogP contribution < -0.4 is 0 Å². The monoisotopic (exact) mass is 1340 g/mol. The summed E-state index contributed by atoms with van der Waals surface area (Å²) in [7, 11) is -9.04. The van der Waals surface area contributed by atoms with Gasteiger partial charge in [0.15, 0.2) is 0 Å². The fourth-order valence-electron chi connectivity index (χ4n) is 12.9. The van der Waals surface area contributed by atoms with Gasteiger partial charge in [0.1, 0.15) is 20.2 Å². The number of rotatable bonds is 54. The minimum absolute atomic E-state index is 0. The summed E-state index contributed by atoms with van der Waals surface area (Å²) >= 11 is 0. The smallest absolute Gasteiger partial charge is 0.744 e. The number of hydrogen-bond acceptors (Lipinski definition) is 6. The van der Waals surface area contributed by atoms with Crippen LogP contribution in [-0.4, -0.2) is 74.8 Å². The molecule has 0 heterocycles. The zero-order valence-corrected chi connectivity index (χ0v) is 61.6. The molecule has 0 radical (unpaired) electrons. The van der Waals surface area contributed by atoms with Gasteiger partial charge in [-0.15, -0.1) is 0 Å². The summed E-state index contributed by atoms with van der Waals surface area (Å²) < 4.78 is 74.3. The first kappa shape index (κ1) is 79.9. The van der Waals surface area contributed by atoms with Crippen LogP contribution in [0.1, 0.15) is 358 Å². The van der Waals surface area contributed by atoms with Crippen molar-refractivity contribution < 1.29 is 25.9 Å². The third kappa shape index (κ3) is 37.0. The standard InChI is InChI=1S/2C38H64O3S.Ba/c2*1-3-5-7-9-11-13-15-17-19-21-23-25-29-34-33-38(42(39,40)41)37(36-31-28-27-30-35(34)36)32-26-24-22-20-18-16-14-12-10-8-6-4-2;/h2*27-28,30-31,33H,3-26,29,32H2,1-2H3,(H,39,40,41);/q;;+2/p-2. The van der Waals surface area contributed by atoms with Crippen molar-refractivity contribution in [1.29, 1.82) is 0 Å². The van der Waals surface area contributed by atoms with Crippen LogP contribution in [0.2, 0.25) is 0 Å². The predicted octanol–water partition coefficient (Wildman–Crippen LogP) is 24.1. The minimum atomic E-state index is -4.52. The van der Waals surface area contributed by atoms with Crippen LogP contribution in [0.5, 0.6) is 0 Å². The molecule has 0 aliphatic carbocycles. The molecular formula is C76H126BaO6S2. The first-order chi connectivity index (χ1) is 41.0. The molecule has 85 heavy (non-hydrogen) atoms. The second-order valence-corrected chi connectivity index (χ2v) is 28.3. The molecule has 4 aromatic rings. The normalized spacial score (nSPS) is 11.8. The average Bonchev–Trinajstić information content (AvgIpc) is 3.52. The van der Waals surface area contributed by atoms with Crippen molar-refractivity contribution in [1.82, 2.24) is 0 Å². The molecule has 0 amide bonds. The quantitative estimate of drug-likeness (QED) is 0.0247. The zero-order valence-electron chi connectivity index (χ0n) is 55.5. The fraction of sp³-hybridized carbons (Fsp3) is 0.737. The molecule has 0 unspecified atom stereocenters. The Hall–Kier alpha value is -1.21. The van der Waals surface area contributed by atoms with Crippen molar-refractivity contribution in [3.63, 3.8) is 0 Å². The molecule has 4 rings (SSSR count). The molecule has 9 heteroatoms. The van der Waals surface area contributed by atoms with E-state index in [0.29, 0.717) is 12.8 Å². The summed E-state index contributed by atoms with van der Waals surface area (Å²) in [4.78, 5) is 0.0522. The Morgan fingerprint density at radius 2 is 0.435 bits per heavy atom. The maximum absolute atomic E-state index is 12.4. The van der Waals surface area contributed by atoms with E-state index in [1.165, 1.54) is 257 Å². The molecule has 0 saturated carbocycles. The molecule has 6 nitrogen and oxygen atoms in total. The number of hydrogen-bond donors (Lipinski definition) is 0. The first-order valence-electron chi connectivity index (χ1n) is 36.0.